The van der Waals surface area contributed by atoms with Crippen molar-refractivity contribution < 1.29 is 4.79 Å². The molecule has 0 saturated heterocycles. The first-order valence-corrected chi connectivity index (χ1v) is 5.98. The van der Waals surface area contributed by atoms with Crippen molar-refractivity contribution in [2.75, 3.05) is 0 Å². The van der Waals surface area contributed by atoms with Gasteiger partial charge in [-0.3, -0.25) is 4.79 Å². The van der Waals surface area contributed by atoms with E-state index in [2.05, 4.69) is 0 Å². The van der Waals surface area contributed by atoms with Gasteiger partial charge in [-0.1, -0.05) is 12.8 Å². The molecular formula is C12H19NO. The van der Waals surface area contributed by atoms with Gasteiger partial charge >= 0.3 is 0 Å². The van der Waals surface area contributed by atoms with Gasteiger partial charge in [0.2, 0.25) is 5.91 Å². The highest BCUT2D eigenvalue weighted by atomic mass is 16.1. The van der Waals surface area contributed by atoms with Crippen LogP contribution in [-0.2, 0) is 4.79 Å². The van der Waals surface area contributed by atoms with Crippen LogP contribution in [0.4, 0.5) is 0 Å². The van der Waals surface area contributed by atoms with Gasteiger partial charge in [0, 0.05) is 5.41 Å². The fraction of sp³-hybridized carbons (Fsp3) is 0.917. The van der Waals surface area contributed by atoms with Crippen LogP contribution >= 0.6 is 0 Å². The first kappa shape index (κ1) is 8.75. The van der Waals surface area contributed by atoms with E-state index in [1.54, 1.807) is 0 Å². The molecule has 0 aromatic carbocycles. The van der Waals surface area contributed by atoms with Gasteiger partial charge in [-0.25, -0.2) is 0 Å². The fourth-order valence-electron chi connectivity index (χ4n) is 4.49. The molecular weight excluding hydrogens is 174 g/mol. The lowest BCUT2D eigenvalue weighted by Crippen LogP contribution is -2.46. The monoisotopic (exact) mass is 193 g/mol. The van der Waals surface area contributed by atoms with Gasteiger partial charge in [-0.2, -0.15) is 0 Å². The Morgan fingerprint density at radius 2 is 1.50 bits per heavy atom. The van der Waals surface area contributed by atoms with Gasteiger partial charge < -0.3 is 5.73 Å². The molecule has 4 bridgehead atoms. The summed E-state index contributed by atoms with van der Waals surface area (Å²) in [6.45, 7) is 0. The second kappa shape index (κ2) is 2.74. The number of hydrogen-bond donors (Lipinski definition) is 1. The fourth-order valence-corrected chi connectivity index (χ4v) is 4.49. The zero-order valence-corrected chi connectivity index (χ0v) is 8.67. The van der Waals surface area contributed by atoms with Gasteiger partial charge in [0.25, 0.3) is 0 Å². The Hall–Kier alpha value is -0.530. The van der Waals surface area contributed by atoms with Gasteiger partial charge in [-0.15, -0.1) is 0 Å². The van der Waals surface area contributed by atoms with Crippen molar-refractivity contribution in [1.82, 2.24) is 0 Å². The molecule has 4 fully saturated rings. The summed E-state index contributed by atoms with van der Waals surface area (Å²) in [5.41, 5.74) is 5.55. The SMILES string of the molecule is NC(=O)C12CC3C[C@@H](CC[C@@H](C3)C1)C2. The quantitative estimate of drug-likeness (QED) is 0.680. The molecule has 2 nitrogen and oxygen atoms in total. The van der Waals surface area contributed by atoms with Crippen LogP contribution in [-0.4, -0.2) is 5.91 Å². The van der Waals surface area contributed by atoms with Crippen molar-refractivity contribution in [3.63, 3.8) is 0 Å². The van der Waals surface area contributed by atoms with Gasteiger partial charge in [0.15, 0.2) is 0 Å². The Labute approximate surface area is 85.2 Å². The molecule has 0 heterocycles. The van der Waals surface area contributed by atoms with E-state index in [4.69, 9.17) is 5.73 Å². The molecule has 0 aromatic rings. The Bertz CT molecular complexity index is 257. The van der Waals surface area contributed by atoms with Crippen molar-refractivity contribution in [2.24, 2.45) is 28.9 Å². The maximum atomic E-state index is 11.6. The van der Waals surface area contributed by atoms with E-state index in [0.29, 0.717) is 0 Å². The summed E-state index contributed by atoms with van der Waals surface area (Å²) in [7, 11) is 0. The number of carbonyl (C=O) groups excluding carboxylic acids is 1. The number of fused-ring (bicyclic) bond motifs is 1. The number of rotatable bonds is 1. The molecule has 0 spiro atoms. The normalized spacial score (nSPS) is 50.4. The average molecular weight is 193 g/mol. The summed E-state index contributed by atoms with van der Waals surface area (Å²) in [4.78, 5) is 11.6. The van der Waals surface area contributed by atoms with E-state index in [-0.39, 0.29) is 11.3 Å². The summed E-state index contributed by atoms with van der Waals surface area (Å²) in [5, 5.41) is 0. The lowest BCUT2D eigenvalue weighted by atomic mass is 9.58. The van der Waals surface area contributed by atoms with Gasteiger partial charge in [0.1, 0.15) is 0 Å². The molecule has 2 N–H and O–H groups in total. The molecule has 78 valence electrons. The van der Waals surface area contributed by atoms with Crippen LogP contribution in [0.1, 0.15) is 44.9 Å². The Morgan fingerprint density at radius 1 is 1.00 bits per heavy atom. The Morgan fingerprint density at radius 3 is 2.00 bits per heavy atom. The van der Waals surface area contributed by atoms with Crippen molar-refractivity contribution in [3.05, 3.63) is 0 Å². The van der Waals surface area contributed by atoms with Crippen LogP contribution < -0.4 is 5.73 Å². The summed E-state index contributed by atoms with van der Waals surface area (Å²) >= 11 is 0. The third kappa shape index (κ3) is 1.12. The van der Waals surface area contributed by atoms with Crippen molar-refractivity contribution >= 4 is 5.91 Å². The molecule has 0 aliphatic heterocycles. The standard InChI is InChI=1S/C12H19NO/c13-11(14)12-5-8-1-2-9(6-12)4-10(3-8)7-12/h8-10H,1-7H2,(H2,13,14)/t8-,9+,10?,12?. The van der Waals surface area contributed by atoms with Gasteiger partial charge in [0.05, 0.1) is 0 Å². The summed E-state index contributed by atoms with van der Waals surface area (Å²) in [6.07, 6.45) is 8.80. The molecule has 1 amide bonds. The minimum Gasteiger partial charge on any atom is -0.369 e. The molecule has 0 radical (unpaired) electrons. The lowest BCUT2D eigenvalue weighted by molar-refractivity contribution is -0.135. The number of primary amides is 1. The lowest BCUT2D eigenvalue weighted by Gasteiger charge is -2.46. The first-order valence-electron chi connectivity index (χ1n) is 5.98. The Kier molecular flexibility index (Phi) is 1.71. The maximum Gasteiger partial charge on any atom is 0.223 e. The predicted octanol–water partition coefficient (Wildman–Crippen LogP) is 2.08. The highest BCUT2D eigenvalue weighted by molar-refractivity contribution is 5.81. The number of amides is 1. The number of carbonyl (C=O) groups is 1. The molecule has 2 unspecified atom stereocenters. The molecule has 0 aromatic heterocycles. The first-order chi connectivity index (χ1) is 6.68. The van der Waals surface area contributed by atoms with Crippen molar-refractivity contribution in [3.8, 4) is 0 Å². The van der Waals surface area contributed by atoms with E-state index < -0.39 is 0 Å². The van der Waals surface area contributed by atoms with Crippen LogP contribution in [0, 0.1) is 23.2 Å². The van der Waals surface area contributed by atoms with E-state index in [1.807, 2.05) is 0 Å². The van der Waals surface area contributed by atoms with Crippen molar-refractivity contribution in [1.29, 1.82) is 0 Å². The van der Waals surface area contributed by atoms with E-state index >= 15 is 0 Å². The van der Waals surface area contributed by atoms with Crippen LogP contribution in [0.5, 0.6) is 0 Å². The van der Waals surface area contributed by atoms with Crippen LogP contribution in [0.15, 0.2) is 0 Å². The topological polar surface area (TPSA) is 43.1 Å². The molecule has 14 heavy (non-hydrogen) atoms. The zero-order chi connectivity index (χ0) is 9.76. The summed E-state index contributed by atoms with van der Waals surface area (Å²) < 4.78 is 0. The van der Waals surface area contributed by atoms with Gasteiger partial charge in [-0.05, 0) is 49.9 Å². The number of nitrogens with two attached hydrogens (primary N) is 1. The van der Waals surface area contributed by atoms with Crippen LogP contribution in [0.3, 0.4) is 0 Å². The minimum atomic E-state index is -0.0764. The Balaban J connectivity index is 1.97. The second-order valence-corrected chi connectivity index (χ2v) is 5.90. The zero-order valence-electron chi connectivity index (χ0n) is 8.67. The molecule has 4 rings (SSSR count). The van der Waals surface area contributed by atoms with Crippen LogP contribution in [0.25, 0.3) is 0 Å². The third-order valence-corrected chi connectivity index (χ3v) is 4.88. The highest BCUT2D eigenvalue weighted by Crippen LogP contribution is 2.57. The van der Waals surface area contributed by atoms with E-state index in [1.165, 1.54) is 25.7 Å². The smallest absolute Gasteiger partial charge is 0.223 e. The predicted molar refractivity (Wildman–Crippen MR) is 54.4 cm³/mol. The molecule has 4 aliphatic carbocycles. The van der Waals surface area contributed by atoms with E-state index in [0.717, 1.165) is 37.0 Å². The largest absolute Gasteiger partial charge is 0.369 e. The summed E-state index contributed by atoms with van der Waals surface area (Å²) in [6, 6.07) is 0. The highest BCUT2D eigenvalue weighted by Gasteiger charge is 2.51. The molecule has 4 atom stereocenters. The number of hydrogen-bond acceptors (Lipinski definition) is 1. The average Bonchev–Trinajstić information content (AvgIpc) is 2.32. The van der Waals surface area contributed by atoms with E-state index in [9.17, 15) is 4.79 Å². The van der Waals surface area contributed by atoms with Crippen molar-refractivity contribution in [2.45, 2.75) is 44.9 Å². The molecule has 2 heteroatoms. The molecule has 4 saturated carbocycles. The van der Waals surface area contributed by atoms with Crippen LogP contribution in [0.2, 0.25) is 0 Å². The second-order valence-electron chi connectivity index (χ2n) is 5.90. The minimum absolute atomic E-state index is 0.00111. The summed E-state index contributed by atoms with van der Waals surface area (Å²) in [5.74, 6) is 2.45. The third-order valence-electron chi connectivity index (χ3n) is 4.88. The molecule has 4 aliphatic rings. The maximum absolute atomic E-state index is 11.6.